The van der Waals surface area contributed by atoms with Crippen LogP contribution in [0.2, 0.25) is 0 Å². The van der Waals surface area contributed by atoms with Gasteiger partial charge in [0.1, 0.15) is 40.0 Å². The molecule has 0 bridgehead atoms. The fraction of sp³-hybridized carbons (Fsp3) is 0.188. The van der Waals surface area contributed by atoms with E-state index in [1.165, 1.54) is 12.3 Å². The van der Waals surface area contributed by atoms with E-state index in [2.05, 4.69) is 14.7 Å². The second-order valence-corrected chi connectivity index (χ2v) is 7.25. The summed E-state index contributed by atoms with van der Waals surface area (Å²) in [5.74, 6) is -2.36. The summed E-state index contributed by atoms with van der Waals surface area (Å²) in [6, 6.07) is 3.38. The fourth-order valence-corrected chi connectivity index (χ4v) is 3.58. The number of aliphatic hydroxyl groups excluding tert-OH is 2. The zero-order valence-electron chi connectivity index (χ0n) is 14.1. The van der Waals surface area contributed by atoms with Gasteiger partial charge in [-0.25, -0.2) is 13.8 Å². The molecule has 2 aromatic heterocycles. The number of anilines is 2. The molecule has 0 saturated heterocycles. The number of amides is 1. The summed E-state index contributed by atoms with van der Waals surface area (Å²) >= 11 is 1.70. The monoisotopic (exact) mass is 428 g/mol. The van der Waals surface area contributed by atoms with Crippen LogP contribution >= 0.6 is 22.9 Å². The second kappa shape index (κ2) is 8.56. The lowest BCUT2D eigenvalue weighted by molar-refractivity contribution is 0.0550. The zero-order chi connectivity index (χ0) is 20.3. The number of nitrogens with two attached hydrogens (primary N) is 1. The van der Waals surface area contributed by atoms with Crippen LogP contribution in [0.15, 0.2) is 24.4 Å². The van der Waals surface area contributed by atoms with Gasteiger partial charge in [0.2, 0.25) is 5.06 Å². The van der Waals surface area contributed by atoms with Gasteiger partial charge in [-0.05, 0) is 12.1 Å². The summed E-state index contributed by atoms with van der Waals surface area (Å²) < 4.78 is 37.0. The number of nitrogens with zero attached hydrogens (tertiary/aromatic N) is 2. The lowest BCUT2D eigenvalue weighted by atomic mass is 10.2. The van der Waals surface area contributed by atoms with Gasteiger partial charge in [-0.15, -0.1) is 0 Å². The van der Waals surface area contributed by atoms with Crippen molar-refractivity contribution in [1.29, 1.82) is 0 Å². The predicted molar refractivity (Wildman–Crippen MR) is 101 cm³/mol. The van der Waals surface area contributed by atoms with E-state index in [4.69, 9.17) is 15.6 Å². The molecule has 8 nitrogen and oxygen atoms in total. The summed E-state index contributed by atoms with van der Waals surface area (Å²) in [6.45, 7) is -0.678. The van der Waals surface area contributed by atoms with Crippen LogP contribution in [0.25, 0.3) is 10.6 Å². The molecule has 0 aliphatic carbocycles. The highest BCUT2D eigenvalue weighted by molar-refractivity contribution is 7.19. The minimum absolute atomic E-state index is 0.0171. The van der Waals surface area contributed by atoms with Crippen molar-refractivity contribution in [2.75, 3.05) is 24.3 Å². The fourth-order valence-electron chi connectivity index (χ4n) is 2.13. The van der Waals surface area contributed by atoms with Gasteiger partial charge in [-0.1, -0.05) is 17.4 Å². The van der Waals surface area contributed by atoms with Crippen LogP contribution in [0.3, 0.4) is 0 Å². The Morgan fingerprint density at radius 2 is 2.07 bits per heavy atom. The Kier molecular flexibility index (Phi) is 6.14. The number of ether oxygens (including phenoxy) is 1. The molecular weight excluding hydrogens is 414 g/mol. The maximum absolute atomic E-state index is 13.9. The second-order valence-electron chi connectivity index (χ2n) is 5.46. The van der Waals surface area contributed by atoms with Crippen LogP contribution in [0.5, 0.6) is 5.06 Å². The van der Waals surface area contributed by atoms with E-state index in [0.29, 0.717) is 0 Å². The van der Waals surface area contributed by atoms with Gasteiger partial charge in [-0.3, -0.25) is 4.79 Å². The molecule has 1 atom stereocenters. The highest BCUT2D eigenvalue weighted by Gasteiger charge is 2.22. The molecule has 3 rings (SSSR count). The molecule has 0 aliphatic heterocycles. The Morgan fingerprint density at radius 3 is 2.75 bits per heavy atom. The van der Waals surface area contributed by atoms with Crippen LogP contribution in [0.1, 0.15) is 10.5 Å². The summed E-state index contributed by atoms with van der Waals surface area (Å²) in [5, 5.41) is 20.8. The average Bonchev–Trinajstić information content (AvgIpc) is 3.26. The van der Waals surface area contributed by atoms with Gasteiger partial charge < -0.3 is 26.0 Å². The third-order valence-electron chi connectivity index (χ3n) is 3.45. The molecule has 28 heavy (non-hydrogen) atoms. The molecule has 148 valence electrons. The van der Waals surface area contributed by atoms with Gasteiger partial charge in [0.15, 0.2) is 5.69 Å². The third-order valence-corrected chi connectivity index (χ3v) is 5.06. The molecule has 0 aliphatic rings. The standard InChI is InChI=1S/C16H14F2N4O4S2/c17-8-2-1-3-9(18)11(8)15-22-12(13(19)27-15)14(25)21-10-4-20-28-16(10)26-6-7(24)5-23/h1-4,7,23-24H,5-6,19H2,(H,21,25). The third kappa shape index (κ3) is 4.25. The molecule has 0 radical (unpaired) electrons. The lowest BCUT2D eigenvalue weighted by Crippen LogP contribution is -2.21. The number of nitrogen functional groups attached to an aromatic ring is 1. The highest BCUT2D eigenvalue weighted by atomic mass is 32.1. The first-order chi connectivity index (χ1) is 13.4. The number of halogens is 2. The van der Waals surface area contributed by atoms with Gasteiger partial charge in [0.05, 0.1) is 18.4 Å². The van der Waals surface area contributed by atoms with Crippen molar-refractivity contribution in [3.8, 4) is 15.6 Å². The molecule has 12 heteroatoms. The van der Waals surface area contributed by atoms with Crippen molar-refractivity contribution < 1.29 is 28.5 Å². The Hall–Kier alpha value is -2.67. The molecule has 1 unspecified atom stereocenters. The van der Waals surface area contributed by atoms with E-state index in [1.54, 1.807) is 0 Å². The van der Waals surface area contributed by atoms with Crippen molar-refractivity contribution >= 4 is 39.5 Å². The maximum atomic E-state index is 13.9. The van der Waals surface area contributed by atoms with Gasteiger partial charge in [-0.2, -0.15) is 4.37 Å². The largest absolute Gasteiger partial charge is 0.479 e. The molecule has 0 fully saturated rings. The number of aromatic nitrogens is 2. The van der Waals surface area contributed by atoms with E-state index in [9.17, 15) is 18.7 Å². The Bertz CT molecular complexity index is 975. The SMILES string of the molecule is Nc1sc(-c2c(F)cccc2F)nc1C(=O)Nc1cnsc1OCC(O)CO. The van der Waals surface area contributed by atoms with E-state index in [-0.39, 0.29) is 38.6 Å². The van der Waals surface area contributed by atoms with Crippen molar-refractivity contribution in [2.24, 2.45) is 0 Å². The van der Waals surface area contributed by atoms with Gasteiger partial charge >= 0.3 is 0 Å². The summed E-state index contributed by atoms with van der Waals surface area (Å²) in [4.78, 5) is 16.5. The first-order valence-corrected chi connectivity index (χ1v) is 9.38. The number of benzene rings is 1. The molecule has 1 aromatic carbocycles. The van der Waals surface area contributed by atoms with Crippen LogP contribution in [-0.2, 0) is 0 Å². The topological polar surface area (TPSA) is 131 Å². The summed E-state index contributed by atoms with van der Waals surface area (Å²) in [7, 11) is 0. The number of carbonyl (C=O) groups excluding carboxylic acids is 1. The molecule has 0 saturated carbocycles. The Morgan fingerprint density at radius 1 is 1.36 bits per heavy atom. The van der Waals surface area contributed by atoms with E-state index < -0.39 is 30.3 Å². The van der Waals surface area contributed by atoms with Crippen molar-refractivity contribution in [1.82, 2.24) is 9.36 Å². The van der Waals surface area contributed by atoms with Crippen LogP contribution in [-0.4, -0.2) is 44.8 Å². The first-order valence-electron chi connectivity index (χ1n) is 7.79. The quantitative estimate of drug-likeness (QED) is 0.453. The summed E-state index contributed by atoms with van der Waals surface area (Å²) in [6.07, 6.45) is 0.238. The minimum Gasteiger partial charge on any atom is -0.479 e. The zero-order valence-corrected chi connectivity index (χ0v) is 15.7. The number of nitrogens with one attached hydrogen (secondary N) is 1. The van der Waals surface area contributed by atoms with Gasteiger partial charge in [0, 0.05) is 11.5 Å². The Labute approximate surface area is 165 Å². The smallest absolute Gasteiger partial charge is 0.277 e. The van der Waals surface area contributed by atoms with Crippen molar-refractivity contribution in [3.05, 3.63) is 41.7 Å². The maximum Gasteiger partial charge on any atom is 0.277 e. The molecule has 1 amide bonds. The van der Waals surface area contributed by atoms with Crippen LogP contribution in [0.4, 0.5) is 19.5 Å². The Balaban J connectivity index is 1.80. The lowest BCUT2D eigenvalue weighted by Gasteiger charge is -2.09. The van der Waals surface area contributed by atoms with Crippen LogP contribution in [0, 0.1) is 11.6 Å². The molecule has 5 N–H and O–H groups in total. The number of thiazole rings is 1. The number of hydrogen-bond acceptors (Lipinski definition) is 9. The van der Waals surface area contributed by atoms with Crippen molar-refractivity contribution in [3.63, 3.8) is 0 Å². The van der Waals surface area contributed by atoms with Gasteiger partial charge in [0.25, 0.3) is 5.91 Å². The van der Waals surface area contributed by atoms with E-state index in [0.717, 1.165) is 35.0 Å². The summed E-state index contributed by atoms with van der Waals surface area (Å²) in [5.41, 5.74) is 5.45. The number of rotatable bonds is 7. The van der Waals surface area contributed by atoms with E-state index in [1.807, 2.05) is 0 Å². The highest BCUT2D eigenvalue weighted by Crippen LogP contribution is 2.34. The molecule has 0 spiro atoms. The first kappa shape index (κ1) is 20.1. The number of hydrogen-bond donors (Lipinski definition) is 4. The molecule has 2 heterocycles. The average molecular weight is 428 g/mol. The normalized spacial score (nSPS) is 12.0. The molecular formula is C16H14F2N4O4S2. The van der Waals surface area contributed by atoms with E-state index >= 15 is 0 Å². The van der Waals surface area contributed by atoms with Crippen LogP contribution < -0.4 is 15.8 Å². The number of aliphatic hydroxyl groups is 2. The predicted octanol–water partition coefficient (Wildman–Crippen LogP) is 2.11. The molecule has 3 aromatic rings. The van der Waals surface area contributed by atoms with Crippen molar-refractivity contribution in [2.45, 2.75) is 6.10 Å². The minimum atomic E-state index is -1.09. The number of carbonyl (C=O) groups is 1.